The Bertz CT molecular complexity index is 632. The minimum atomic E-state index is -4.02. The molecule has 1 aliphatic rings. The molecule has 1 amide bonds. The average Bonchev–Trinajstić information content (AvgIpc) is 3.01. The van der Waals surface area contributed by atoms with Crippen molar-refractivity contribution in [1.29, 1.82) is 0 Å². The molecule has 0 aliphatic carbocycles. The van der Waals surface area contributed by atoms with Crippen molar-refractivity contribution in [2.45, 2.75) is 43.6 Å². The first-order valence-corrected chi connectivity index (χ1v) is 8.33. The van der Waals surface area contributed by atoms with Crippen LogP contribution in [0.25, 0.3) is 0 Å². The van der Waals surface area contributed by atoms with Crippen LogP contribution in [0.3, 0.4) is 0 Å². The van der Waals surface area contributed by atoms with Gasteiger partial charge >= 0.3 is 0 Å². The summed E-state index contributed by atoms with van der Waals surface area (Å²) in [6.07, 6.45) is 2.17. The zero-order chi connectivity index (χ0) is 15.7. The second kappa shape index (κ2) is 5.74. The highest BCUT2D eigenvalue weighted by Gasteiger charge is 2.32. The van der Waals surface area contributed by atoms with Gasteiger partial charge in [0.25, 0.3) is 5.91 Å². The molecule has 8 nitrogen and oxygen atoms in total. The van der Waals surface area contributed by atoms with Crippen molar-refractivity contribution in [3.63, 3.8) is 0 Å². The van der Waals surface area contributed by atoms with Crippen LogP contribution in [-0.2, 0) is 21.2 Å². The van der Waals surface area contributed by atoms with E-state index in [1.165, 1.54) is 0 Å². The van der Waals surface area contributed by atoms with Crippen LogP contribution in [-0.4, -0.2) is 43.3 Å². The Labute approximate surface area is 123 Å². The first-order chi connectivity index (χ1) is 9.77. The van der Waals surface area contributed by atoms with E-state index in [4.69, 9.17) is 9.88 Å². The van der Waals surface area contributed by atoms with E-state index in [1.54, 1.807) is 6.92 Å². The number of nitrogens with two attached hydrogens (primary N) is 1. The lowest BCUT2D eigenvalue weighted by Gasteiger charge is -2.23. The summed E-state index contributed by atoms with van der Waals surface area (Å²) >= 11 is 0. The van der Waals surface area contributed by atoms with Gasteiger partial charge in [-0.3, -0.25) is 9.89 Å². The van der Waals surface area contributed by atoms with Gasteiger partial charge in [-0.25, -0.2) is 13.6 Å². The minimum absolute atomic E-state index is 0.198. The SMILES string of the molecule is CCc1[nH]nc(C(=O)NCC2(C)CCCO2)c1S(N)(=O)=O. The largest absolute Gasteiger partial charge is 0.373 e. The number of carbonyl (C=O) groups is 1. The highest BCUT2D eigenvalue weighted by Crippen LogP contribution is 2.24. The highest BCUT2D eigenvalue weighted by atomic mass is 32.2. The number of aryl methyl sites for hydroxylation is 1. The number of sulfonamides is 1. The van der Waals surface area contributed by atoms with Gasteiger partial charge in [-0.15, -0.1) is 0 Å². The molecule has 1 unspecified atom stereocenters. The molecule has 9 heteroatoms. The summed E-state index contributed by atoms with van der Waals surface area (Å²) in [5.74, 6) is -0.577. The monoisotopic (exact) mass is 316 g/mol. The van der Waals surface area contributed by atoms with Crippen molar-refractivity contribution in [3.05, 3.63) is 11.4 Å². The molecule has 1 aliphatic heterocycles. The van der Waals surface area contributed by atoms with Crippen molar-refractivity contribution >= 4 is 15.9 Å². The number of hydrogen-bond acceptors (Lipinski definition) is 5. The Morgan fingerprint density at radius 3 is 2.81 bits per heavy atom. The third kappa shape index (κ3) is 3.42. The molecule has 1 aromatic rings. The fraction of sp³-hybridized carbons (Fsp3) is 0.667. The number of nitrogens with zero attached hydrogens (tertiary/aromatic N) is 1. The standard InChI is InChI=1S/C12H20N4O4S/c1-3-8-10(21(13,18)19)9(16-15-8)11(17)14-7-12(2)5-4-6-20-12/h3-7H2,1-2H3,(H,14,17)(H,15,16)(H2,13,18,19). The van der Waals surface area contributed by atoms with Gasteiger partial charge in [0, 0.05) is 13.2 Å². The Balaban J connectivity index is 2.18. The summed E-state index contributed by atoms with van der Waals surface area (Å²) in [6.45, 7) is 4.61. The molecule has 0 radical (unpaired) electrons. The number of H-pyrrole nitrogens is 1. The molecule has 0 bridgehead atoms. The normalized spacial score (nSPS) is 22.4. The fourth-order valence-corrected chi connectivity index (χ4v) is 3.34. The maximum atomic E-state index is 12.2. The first-order valence-electron chi connectivity index (χ1n) is 6.79. The van der Waals surface area contributed by atoms with E-state index >= 15 is 0 Å². The van der Waals surface area contributed by atoms with Gasteiger partial charge in [0.15, 0.2) is 5.69 Å². The van der Waals surface area contributed by atoms with Gasteiger partial charge in [-0.1, -0.05) is 6.92 Å². The zero-order valence-electron chi connectivity index (χ0n) is 12.1. The van der Waals surface area contributed by atoms with Gasteiger partial charge in [0.05, 0.1) is 11.3 Å². The van der Waals surface area contributed by atoms with Crippen LogP contribution >= 0.6 is 0 Å². The number of hydrogen-bond donors (Lipinski definition) is 3. The van der Waals surface area contributed by atoms with Gasteiger partial charge in [0.1, 0.15) is 4.90 Å². The quantitative estimate of drug-likeness (QED) is 0.700. The number of carbonyl (C=O) groups excluding carboxylic acids is 1. The highest BCUT2D eigenvalue weighted by molar-refractivity contribution is 7.89. The smallest absolute Gasteiger partial charge is 0.273 e. The van der Waals surface area contributed by atoms with Crippen molar-refractivity contribution < 1.29 is 17.9 Å². The van der Waals surface area contributed by atoms with Gasteiger partial charge in [0.2, 0.25) is 10.0 Å². The third-order valence-corrected chi connectivity index (χ3v) is 4.58. The molecule has 118 valence electrons. The van der Waals surface area contributed by atoms with Crippen molar-refractivity contribution in [3.8, 4) is 0 Å². The third-order valence-electron chi connectivity index (χ3n) is 3.57. The van der Waals surface area contributed by atoms with Crippen LogP contribution < -0.4 is 10.5 Å². The minimum Gasteiger partial charge on any atom is -0.373 e. The number of ether oxygens (including phenoxy) is 1. The van der Waals surface area contributed by atoms with E-state index in [2.05, 4.69) is 15.5 Å². The molecule has 0 saturated carbocycles. The molecule has 21 heavy (non-hydrogen) atoms. The fourth-order valence-electron chi connectivity index (χ4n) is 2.40. The molecule has 1 aromatic heterocycles. The molecule has 1 saturated heterocycles. The van der Waals surface area contributed by atoms with Crippen LogP contribution in [0.15, 0.2) is 4.90 Å². The summed E-state index contributed by atoms with van der Waals surface area (Å²) < 4.78 is 28.8. The number of nitrogens with one attached hydrogen (secondary N) is 2. The maximum absolute atomic E-state index is 12.2. The molecular weight excluding hydrogens is 296 g/mol. The van der Waals surface area contributed by atoms with E-state index in [0.29, 0.717) is 25.3 Å². The predicted octanol–water partition coefficient (Wildman–Crippen LogP) is -0.0816. The second-order valence-corrected chi connectivity index (χ2v) is 6.86. The zero-order valence-corrected chi connectivity index (χ0v) is 12.9. The first kappa shape index (κ1) is 15.9. The van der Waals surface area contributed by atoms with Crippen molar-refractivity contribution in [2.24, 2.45) is 5.14 Å². The predicted molar refractivity (Wildman–Crippen MR) is 75.3 cm³/mol. The van der Waals surface area contributed by atoms with E-state index < -0.39 is 21.5 Å². The molecule has 0 aromatic carbocycles. The molecule has 1 fully saturated rings. The Kier molecular flexibility index (Phi) is 4.35. The van der Waals surface area contributed by atoms with Crippen LogP contribution in [0.5, 0.6) is 0 Å². The van der Waals surface area contributed by atoms with E-state index in [9.17, 15) is 13.2 Å². The Morgan fingerprint density at radius 1 is 1.57 bits per heavy atom. The number of rotatable bonds is 5. The van der Waals surface area contributed by atoms with Crippen LogP contribution in [0, 0.1) is 0 Å². The molecule has 1 atom stereocenters. The Hall–Kier alpha value is -1.45. The van der Waals surface area contributed by atoms with Crippen LogP contribution in [0.1, 0.15) is 42.9 Å². The summed E-state index contributed by atoms with van der Waals surface area (Å²) in [6, 6.07) is 0. The van der Waals surface area contributed by atoms with Crippen molar-refractivity contribution in [2.75, 3.05) is 13.2 Å². The topological polar surface area (TPSA) is 127 Å². The number of aromatic amines is 1. The molecule has 0 spiro atoms. The summed E-state index contributed by atoms with van der Waals surface area (Å²) in [5.41, 5.74) is -0.289. The maximum Gasteiger partial charge on any atom is 0.273 e. The van der Waals surface area contributed by atoms with Gasteiger partial charge in [-0.2, -0.15) is 5.10 Å². The molecular formula is C12H20N4O4S. The lowest BCUT2D eigenvalue weighted by molar-refractivity contribution is 0.0205. The average molecular weight is 316 g/mol. The summed E-state index contributed by atoms with van der Waals surface area (Å²) in [5, 5.41) is 14.2. The van der Waals surface area contributed by atoms with E-state index in [-0.39, 0.29) is 10.6 Å². The van der Waals surface area contributed by atoms with E-state index in [1.807, 2.05) is 6.92 Å². The number of primary sulfonamides is 1. The van der Waals surface area contributed by atoms with Crippen LogP contribution in [0.4, 0.5) is 0 Å². The number of aromatic nitrogens is 2. The molecule has 4 N–H and O–H groups in total. The van der Waals surface area contributed by atoms with Gasteiger partial charge < -0.3 is 10.1 Å². The Morgan fingerprint density at radius 2 is 2.29 bits per heavy atom. The lowest BCUT2D eigenvalue weighted by atomic mass is 10.0. The van der Waals surface area contributed by atoms with E-state index in [0.717, 1.165) is 12.8 Å². The molecule has 2 rings (SSSR count). The second-order valence-electron chi connectivity index (χ2n) is 5.36. The summed E-state index contributed by atoms with van der Waals surface area (Å²) in [7, 11) is -4.02. The van der Waals surface area contributed by atoms with Crippen LogP contribution in [0.2, 0.25) is 0 Å². The van der Waals surface area contributed by atoms with Crippen molar-refractivity contribution in [1.82, 2.24) is 15.5 Å². The summed E-state index contributed by atoms with van der Waals surface area (Å²) in [4.78, 5) is 11.9. The lowest BCUT2D eigenvalue weighted by Crippen LogP contribution is -2.40. The number of amides is 1. The van der Waals surface area contributed by atoms with Gasteiger partial charge in [-0.05, 0) is 26.2 Å². The molecule has 2 heterocycles.